The van der Waals surface area contributed by atoms with Gasteiger partial charge in [-0.05, 0) is 54.2 Å². The summed E-state index contributed by atoms with van der Waals surface area (Å²) in [7, 11) is 0. The fraction of sp³-hybridized carbons (Fsp3) is 0.321. The van der Waals surface area contributed by atoms with Crippen molar-refractivity contribution in [2.45, 2.75) is 51.3 Å². The summed E-state index contributed by atoms with van der Waals surface area (Å²) in [6.07, 6.45) is 0.0670. The Morgan fingerprint density at radius 1 is 0.912 bits per heavy atom. The van der Waals surface area contributed by atoms with Crippen LogP contribution in [-0.4, -0.2) is 29.7 Å². The molecular formula is C28H32F2N2O2. The van der Waals surface area contributed by atoms with Gasteiger partial charge in [0.1, 0.15) is 11.6 Å². The summed E-state index contributed by atoms with van der Waals surface area (Å²) in [5.41, 5.74) is 3.54. The van der Waals surface area contributed by atoms with Crippen LogP contribution in [0, 0.1) is 11.6 Å². The Kier molecular flexibility index (Phi) is 9.31. The molecule has 34 heavy (non-hydrogen) atoms. The number of aliphatic hydroxyl groups is 1. The summed E-state index contributed by atoms with van der Waals surface area (Å²) in [4.78, 5) is 13.0. The number of halogens is 2. The van der Waals surface area contributed by atoms with E-state index in [1.807, 2.05) is 42.5 Å². The van der Waals surface area contributed by atoms with Gasteiger partial charge in [0.15, 0.2) is 0 Å². The average Bonchev–Trinajstić information content (AvgIpc) is 2.83. The molecule has 4 nitrogen and oxygen atoms in total. The van der Waals surface area contributed by atoms with Gasteiger partial charge in [-0.3, -0.25) is 4.79 Å². The minimum atomic E-state index is -0.965. The zero-order valence-electron chi connectivity index (χ0n) is 19.6. The largest absolute Gasteiger partial charge is 0.390 e. The molecule has 1 amide bonds. The van der Waals surface area contributed by atoms with Gasteiger partial charge < -0.3 is 15.7 Å². The van der Waals surface area contributed by atoms with E-state index in [0.717, 1.165) is 23.6 Å². The second-order valence-corrected chi connectivity index (χ2v) is 8.60. The molecule has 3 rings (SSSR count). The minimum Gasteiger partial charge on any atom is -0.390 e. The lowest BCUT2D eigenvalue weighted by molar-refractivity contribution is -0.123. The molecule has 0 spiro atoms. The number of aliphatic hydroxyl groups excluding tert-OH is 1. The first-order valence-corrected chi connectivity index (χ1v) is 11.6. The van der Waals surface area contributed by atoms with Crippen LogP contribution in [-0.2, 0) is 24.2 Å². The second-order valence-electron chi connectivity index (χ2n) is 8.60. The molecule has 3 N–H and O–H groups in total. The van der Waals surface area contributed by atoms with Crippen molar-refractivity contribution >= 4 is 5.91 Å². The number of hydrogen-bond acceptors (Lipinski definition) is 3. The Balaban J connectivity index is 1.69. The SMILES string of the molecule is CCc1cccc(CNCC(O)C(Cc2cc(F)cc(F)c2)NC(=O)C(C)c2ccccc2)c1. The second kappa shape index (κ2) is 12.4. The van der Waals surface area contributed by atoms with E-state index in [0.29, 0.717) is 12.1 Å². The number of carbonyl (C=O) groups excluding carboxylic acids is 1. The molecule has 180 valence electrons. The van der Waals surface area contributed by atoms with Crippen LogP contribution < -0.4 is 10.6 Å². The lowest BCUT2D eigenvalue weighted by Gasteiger charge is -2.26. The molecular weight excluding hydrogens is 434 g/mol. The summed E-state index contributed by atoms with van der Waals surface area (Å²) in [6.45, 7) is 4.64. The Bertz CT molecular complexity index is 1050. The third-order valence-electron chi connectivity index (χ3n) is 5.95. The molecule has 0 fully saturated rings. The quantitative estimate of drug-likeness (QED) is 0.390. The molecule has 0 saturated heterocycles. The van der Waals surface area contributed by atoms with Crippen molar-refractivity contribution in [2.24, 2.45) is 0 Å². The van der Waals surface area contributed by atoms with E-state index in [1.54, 1.807) is 6.92 Å². The molecule has 3 atom stereocenters. The van der Waals surface area contributed by atoms with Crippen LogP contribution >= 0.6 is 0 Å². The molecule has 0 aliphatic rings. The maximum Gasteiger partial charge on any atom is 0.227 e. The molecule has 6 heteroatoms. The molecule has 0 aliphatic carbocycles. The van der Waals surface area contributed by atoms with Crippen molar-refractivity contribution < 1.29 is 18.7 Å². The fourth-order valence-corrected chi connectivity index (χ4v) is 3.93. The van der Waals surface area contributed by atoms with E-state index in [-0.39, 0.29) is 18.9 Å². The zero-order valence-corrected chi connectivity index (χ0v) is 19.6. The van der Waals surface area contributed by atoms with Crippen molar-refractivity contribution in [1.82, 2.24) is 10.6 Å². The standard InChI is InChI=1S/C28H32F2N2O2/c1-3-20-8-7-9-21(12-20)17-31-18-27(33)26(15-22-13-24(29)16-25(30)14-22)32-28(34)19(2)23-10-5-4-6-11-23/h4-14,16,19,26-27,31,33H,3,15,17-18H2,1-2H3,(H,32,34). The van der Waals surface area contributed by atoms with Gasteiger partial charge in [-0.25, -0.2) is 8.78 Å². The van der Waals surface area contributed by atoms with E-state index in [4.69, 9.17) is 0 Å². The van der Waals surface area contributed by atoms with Crippen LogP contribution in [0.15, 0.2) is 72.8 Å². The summed E-state index contributed by atoms with van der Waals surface area (Å²) in [6, 6.07) is 20.0. The van der Waals surface area contributed by atoms with Crippen molar-refractivity contribution in [2.75, 3.05) is 6.54 Å². The molecule has 0 bridgehead atoms. The van der Waals surface area contributed by atoms with E-state index in [2.05, 4.69) is 29.7 Å². The average molecular weight is 467 g/mol. The van der Waals surface area contributed by atoms with Crippen molar-refractivity contribution in [3.63, 3.8) is 0 Å². The molecule has 3 unspecified atom stereocenters. The molecule has 0 saturated carbocycles. The van der Waals surface area contributed by atoms with Gasteiger partial charge in [0.25, 0.3) is 0 Å². The highest BCUT2D eigenvalue weighted by atomic mass is 19.1. The van der Waals surface area contributed by atoms with Crippen LogP contribution in [0.5, 0.6) is 0 Å². The Labute approximate surface area is 200 Å². The first-order valence-electron chi connectivity index (χ1n) is 11.6. The van der Waals surface area contributed by atoms with Gasteiger partial charge >= 0.3 is 0 Å². The number of nitrogens with one attached hydrogen (secondary N) is 2. The Morgan fingerprint density at radius 2 is 1.59 bits per heavy atom. The summed E-state index contributed by atoms with van der Waals surface area (Å²) in [5, 5.41) is 17.0. The number of hydrogen-bond donors (Lipinski definition) is 3. The Morgan fingerprint density at radius 3 is 2.26 bits per heavy atom. The van der Waals surface area contributed by atoms with E-state index < -0.39 is 29.7 Å². The number of carbonyl (C=O) groups is 1. The lowest BCUT2D eigenvalue weighted by Crippen LogP contribution is -2.49. The fourth-order valence-electron chi connectivity index (χ4n) is 3.93. The van der Waals surface area contributed by atoms with Crippen LogP contribution in [0.2, 0.25) is 0 Å². The summed E-state index contributed by atoms with van der Waals surface area (Å²) < 4.78 is 27.5. The van der Waals surface area contributed by atoms with Gasteiger partial charge in [-0.15, -0.1) is 0 Å². The molecule has 0 aromatic heterocycles. The first-order chi connectivity index (χ1) is 16.4. The van der Waals surface area contributed by atoms with Gasteiger partial charge in [-0.2, -0.15) is 0 Å². The van der Waals surface area contributed by atoms with Crippen molar-refractivity contribution in [3.8, 4) is 0 Å². The van der Waals surface area contributed by atoms with Gasteiger partial charge in [-0.1, -0.05) is 61.5 Å². The predicted octanol–water partition coefficient (Wildman–Crippen LogP) is 4.51. The Hall–Kier alpha value is -3.09. The molecule has 3 aromatic rings. The summed E-state index contributed by atoms with van der Waals surface area (Å²) in [5.74, 6) is -2.09. The van der Waals surface area contributed by atoms with Crippen LogP contribution in [0.25, 0.3) is 0 Å². The van der Waals surface area contributed by atoms with Crippen LogP contribution in [0.1, 0.15) is 42.0 Å². The summed E-state index contributed by atoms with van der Waals surface area (Å²) >= 11 is 0. The molecule has 3 aromatic carbocycles. The molecule has 0 aliphatic heterocycles. The van der Waals surface area contributed by atoms with E-state index in [9.17, 15) is 18.7 Å². The number of amides is 1. The monoisotopic (exact) mass is 466 g/mol. The maximum atomic E-state index is 13.7. The van der Waals surface area contributed by atoms with Crippen molar-refractivity contribution in [3.05, 3.63) is 107 Å². The third kappa shape index (κ3) is 7.47. The normalized spacial score (nSPS) is 13.8. The van der Waals surface area contributed by atoms with E-state index in [1.165, 1.54) is 17.7 Å². The highest BCUT2D eigenvalue weighted by Crippen LogP contribution is 2.17. The maximum absolute atomic E-state index is 13.7. The van der Waals surface area contributed by atoms with Gasteiger partial charge in [0, 0.05) is 19.2 Å². The van der Waals surface area contributed by atoms with Gasteiger partial charge in [0.05, 0.1) is 18.1 Å². The highest BCUT2D eigenvalue weighted by molar-refractivity contribution is 5.83. The van der Waals surface area contributed by atoms with Crippen LogP contribution in [0.3, 0.4) is 0 Å². The highest BCUT2D eigenvalue weighted by Gasteiger charge is 2.25. The molecule has 0 radical (unpaired) electrons. The smallest absolute Gasteiger partial charge is 0.227 e. The first kappa shape index (κ1) is 25.5. The minimum absolute atomic E-state index is 0.0933. The van der Waals surface area contributed by atoms with Crippen molar-refractivity contribution in [1.29, 1.82) is 0 Å². The van der Waals surface area contributed by atoms with Crippen LogP contribution in [0.4, 0.5) is 8.78 Å². The predicted molar refractivity (Wildman–Crippen MR) is 130 cm³/mol. The van der Waals surface area contributed by atoms with Gasteiger partial charge in [0.2, 0.25) is 5.91 Å². The topological polar surface area (TPSA) is 61.4 Å². The van der Waals surface area contributed by atoms with E-state index >= 15 is 0 Å². The zero-order chi connectivity index (χ0) is 24.5. The number of benzene rings is 3. The third-order valence-corrected chi connectivity index (χ3v) is 5.95. The number of aryl methyl sites for hydroxylation is 1. The number of rotatable bonds is 11. The molecule has 0 heterocycles. The lowest BCUT2D eigenvalue weighted by atomic mass is 9.97.